The second-order valence-electron chi connectivity index (χ2n) is 7.77. The molecule has 162 valence electrons. The minimum Gasteiger partial charge on any atom is -0.507 e. The van der Waals surface area contributed by atoms with Crippen molar-refractivity contribution in [1.29, 1.82) is 0 Å². The van der Waals surface area contributed by atoms with E-state index in [-0.39, 0.29) is 35.1 Å². The summed E-state index contributed by atoms with van der Waals surface area (Å²) in [6.07, 6.45) is -1.94. The Kier molecular flexibility index (Phi) is 4.56. The number of aromatic hydroxyl groups is 3. The number of esters is 1. The van der Waals surface area contributed by atoms with Crippen molar-refractivity contribution in [2.24, 2.45) is 0 Å². The highest BCUT2D eigenvalue weighted by Gasteiger charge is 2.53. The first-order valence-electron chi connectivity index (χ1n) is 9.60. The fourth-order valence-corrected chi connectivity index (χ4v) is 4.69. The number of aliphatic hydroxyl groups is 2. The summed E-state index contributed by atoms with van der Waals surface area (Å²) in [5.74, 6) is -6.33. The van der Waals surface area contributed by atoms with Gasteiger partial charge in [-0.1, -0.05) is 19.1 Å². The van der Waals surface area contributed by atoms with Crippen LogP contribution in [0.25, 0.3) is 0 Å². The lowest BCUT2D eigenvalue weighted by molar-refractivity contribution is -0.153. The van der Waals surface area contributed by atoms with E-state index in [9.17, 15) is 39.9 Å². The van der Waals surface area contributed by atoms with E-state index in [0.717, 1.165) is 7.11 Å². The number of fused-ring (bicyclic) bond motifs is 3. The number of rotatable bonds is 2. The lowest BCUT2D eigenvalue weighted by Gasteiger charge is -2.42. The molecule has 0 aromatic heterocycles. The molecule has 0 spiro atoms. The van der Waals surface area contributed by atoms with Crippen LogP contribution in [0, 0.1) is 0 Å². The van der Waals surface area contributed by atoms with E-state index < -0.39 is 63.5 Å². The molecule has 0 amide bonds. The van der Waals surface area contributed by atoms with Gasteiger partial charge in [-0.2, -0.15) is 0 Å². The van der Waals surface area contributed by atoms with Gasteiger partial charge in [0.15, 0.2) is 5.78 Å². The Bertz CT molecular complexity index is 1170. The number of carbonyl (C=O) groups is 3. The molecule has 0 heterocycles. The van der Waals surface area contributed by atoms with Crippen molar-refractivity contribution in [2.45, 2.75) is 37.4 Å². The topological polar surface area (TPSA) is 162 Å². The minimum atomic E-state index is -1.84. The van der Waals surface area contributed by atoms with Crippen LogP contribution in [0.15, 0.2) is 18.2 Å². The van der Waals surface area contributed by atoms with Crippen LogP contribution < -0.4 is 0 Å². The van der Waals surface area contributed by atoms with Crippen LogP contribution in [0.5, 0.6) is 17.2 Å². The third-order valence-corrected chi connectivity index (χ3v) is 6.25. The van der Waals surface area contributed by atoms with Gasteiger partial charge in [-0.3, -0.25) is 14.4 Å². The normalized spacial score (nSPS) is 24.3. The number of phenolic OH excluding ortho intramolecular Hbond substituents is 3. The molecule has 2 aromatic carbocycles. The molecule has 0 bridgehead atoms. The second-order valence-corrected chi connectivity index (χ2v) is 7.77. The molecule has 0 aliphatic heterocycles. The second kappa shape index (κ2) is 6.79. The molecule has 5 N–H and O–H groups in total. The molecule has 2 aliphatic carbocycles. The van der Waals surface area contributed by atoms with E-state index in [1.807, 2.05) is 0 Å². The molecule has 9 heteroatoms. The molecule has 3 atom stereocenters. The molecule has 2 aromatic rings. The van der Waals surface area contributed by atoms with Gasteiger partial charge in [-0.05, 0) is 12.5 Å². The summed E-state index contributed by atoms with van der Waals surface area (Å²) in [6.45, 7) is 1.57. The average Bonchev–Trinajstić information content (AvgIpc) is 2.73. The first-order valence-corrected chi connectivity index (χ1v) is 9.60. The lowest BCUT2D eigenvalue weighted by atomic mass is 9.66. The standard InChI is InChI=1S/C22H20O9/c1-3-22(30)7-10(24)12-13(16(22)21(29)31-2)20(28)14-15(19(12)27)18(26)11-8(17(14)25)5-4-6-9(11)23/h4-6,10,16,23-24,27-28,30H,3,7H2,1-2H3/t10-,16+,22-/m0/s1. The van der Waals surface area contributed by atoms with E-state index in [1.54, 1.807) is 6.92 Å². The van der Waals surface area contributed by atoms with Gasteiger partial charge in [-0.15, -0.1) is 0 Å². The maximum absolute atomic E-state index is 13.1. The number of carbonyl (C=O) groups excluding carboxylic acids is 3. The van der Waals surface area contributed by atoms with Gasteiger partial charge in [0, 0.05) is 23.1 Å². The zero-order valence-electron chi connectivity index (χ0n) is 16.7. The van der Waals surface area contributed by atoms with Gasteiger partial charge in [0.2, 0.25) is 5.78 Å². The van der Waals surface area contributed by atoms with Crippen molar-refractivity contribution < 1.29 is 44.7 Å². The third-order valence-electron chi connectivity index (χ3n) is 6.25. The molecule has 0 saturated carbocycles. The molecule has 2 aliphatic rings. The fraction of sp³-hybridized carbons (Fsp3) is 0.318. The van der Waals surface area contributed by atoms with Crippen molar-refractivity contribution in [1.82, 2.24) is 0 Å². The fourth-order valence-electron chi connectivity index (χ4n) is 4.69. The van der Waals surface area contributed by atoms with Crippen molar-refractivity contribution in [3.8, 4) is 17.2 Å². The van der Waals surface area contributed by atoms with Crippen LogP contribution in [0.3, 0.4) is 0 Å². The number of methoxy groups -OCH3 is 1. The predicted molar refractivity (Wildman–Crippen MR) is 104 cm³/mol. The number of hydrogen-bond acceptors (Lipinski definition) is 9. The SMILES string of the molecule is CC[C@]1(O)C[C@H](O)c2c(O)c3c(c(O)c2[C@@H]1C(=O)OC)C(=O)c1cccc(O)c1C3=O. The number of ketones is 2. The molecule has 0 fully saturated rings. The van der Waals surface area contributed by atoms with E-state index in [1.165, 1.54) is 18.2 Å². The third kappa shape index (κ3) is 2.60. The first kappa shape index (κ1) is 20.8. The van der Waals surface area contributed by atoms with Crippen LogP contribution >= 0.6 is 0 Å². The summed E-state index contributed by atoms with van der Waals surface area (Å²) < 4.78 is 4.78. The maximum atomic E-state index is 13.1. The summed E-state index contributed by atoms with van der Waals surface area (Å²) >= 11 is 0. The zero-order chi connectivity index (χ0) is 22.8. The van der Waals surface area contributed by atoms with Crippen LogP contribution in [-0.4, -0.2) is 55.8 Å². The van der Waals surface area contributed by atoms with Crippen LogP contribution in [-0.2, 0) is 9.53 Å². The van der Waals surface area contributed by atoms with Gasteiger partial charge >= 0.3 is 5.97 Å². The number of hydrogen-bond donors (Lipinski definition) is 5. The molecule has 4 rings (SSSR count). The molecule has 0 saturated heterocycles. The van der Waals surface area contributed by atoms with E-state index in [0.29, 0.717) is 0 Å². The molecule has 0 radical (unpaired) electrons. The highest BCUT2D eigenvalue weighted by molar-refractivity contribution is 6.31. The Morgan fingerprint density at radius 3 is 2.29 bits per heavy atom. The monoisotopic (exact) mass is 428 g/mol. The van der Waals surface area contributed by atoms with E-state index >= 15 is 0 Å². The van der Waals surface area contributed by atoms with Crippen LogP contribution in [0.1, 0.15) is 74.8 Å². The number of phenols is 3. The van der Waals surface area contributed by atoms with Gasteiger partial charge in [0.05, 0.1) is 35.5 Å². The minimum absolute atomic E-state index is 0.00979. The van der Waals surface area contributed by atoms with Crippen molar-refractivity contribution in [3.63, 3.8) is 0 Å². The van der Waals surface area contributed by atoms with Gasteiger partial charge in [0.25, 0.3) is 0 Å². The zero-order valence-corrected chi connectivity index (χ0v) is 16.7. The van der Waals surface area contributed by atoms with Gasteiger partial charge < -0.3 is 30.3 Å². The molecule has 0 unspecified atom stereocenters. The summed E-state index contributed by atoms with van der Waals surface area (Å²) in [7, 11) is 1.08. The van der Waals surface area contributed by atoms with Gasteiger partial charge in [-0.25, -0.2) is 0 Å². The number of ether oxygens (including phenoxy) is 1. The Hall–Kier alpha value is -3.43. The molecular weight excluding hydrogens is 408 g/mol. The lowest BCUT2D eigenvalue weighted by Crippen LogP contribution is -2.46. The Morgan fingerprint density at radius 1 is 1.06 bits per heavy atom. The summed E-state index contributed by atoms with van der Waals surface area (Å²) in [6, 6.07) is 3.83. The highest BCUT2D eigenvalue weighted by Crippen LogP contribution is 2.56. The van der Waals surface area contributed by atoms with Crippen molar-refractivity contribution >= 4 is 17.5 Å². The Balaban J connectivity index is 2.11. The molecule has 31 heavy (non-hydrogen) atoms. The maximum Gasteiger partial charge on any atom is 0.316 e. The van der Waals surface area contributed by atoms with E-state index in [2.05, 4.69) is 0 Å². The number of aliphatic hydroxyl groups excluding tert-OH is 1. The Morgan fingerprint density at radius 2 is 1.68 bits per heavy atom. The average molecular weight is 428 g/mol. The van der Waals surface area contributed by atoms with Crippen LogP contribution in [0.4, 0.5) is 0 Å². The van der Waals surface area contributed by atoms with Crippen LogP contribution in [0.2, 0.25) is 0 Å². The summed E-state index contributed by atoms with van der Waals surface area (Å²) in [4.78, 5) is 38.8. The number of benzene rings is 2. The van der Waals surface area contributed by atoms with Gasteiger partial charge in [0.1, 0.15) is 23.2 Å². The molecule has 9 nitrogen and oxygen atoms in total. The highest BCUT2D eigenvalue weighted by atomic mass is 16.5. The summed E-state index contributed by atoms with van der Waals surface area (Å²) in [5.41, 5.74) is -4.23. The quantitative estimate of drug-likeness (QED) is 0.300. The first-order chi connectivity index (χ1) is 14.6. The van der Waals surface area contributed by atoms with Crippen molar-refractivity contribution in [3.05, 3.63) is 51.6 Å². The molecular formula is C22H20O9. The van der Waals surface area contributed by atoms with E-state index in [4.69, 9.17) is 4.74 Å². The smallest absolute Gasteiger partial charge is 0.316 e. The summed E-state index contributed by atoms with van der Waals surface area (Å²) in [5, 5.41) is 53.8. The predicted octanol–water partition coefficient (Wildman–Crippen LogP) is 1.41. The largest absolute Gasteiger partial charge is 0.507 e. The van der Waals surface area contributed by atoms with Crippen molar-refractivity contribution in [2.75, 3.05) is 7.11 Å². The Labute approximate surface area is 176 Å².